The van der Waals surface area contributed by atoms with E-state index in [2.05, 4.69) is 28.7 Å². The smallest absolute Gasteiger partial charge is 0.223 e. The molecule has 3 rings (SSSR count). The topological polar surface area (TPSA) is 50.6 Å². The van der Waals surface area contributed by atoms with Gasteiger partial charge in [-0.3, -0.25) is 9.48 Å². The van der Waals surface area contributed by atoms with E-state index >= 15 is 0 Å². The van der Waals surface area contributed by atoms with Crippen LogP contribution in [0, 0.1) is 5.92 Å². The van der Waals surface area contributed by atoms with Crippen LogP contribution in [-0.2, 0) is 16.6 Å². The molecular formula is C20H34N4O2. The molecule has 0 N–H and O–H groups in total. The molecule has 3 heterocycles. The highest BCUT2D eigenvalue weighted by atomic mass is 16.5. The third kappa shape index (κ3) is 4.86. The normalized spacial score (nSPS) is 25.0. The molecule has 6 heteroatoms. The van der Waals surface area contributed by atoms with Crippen LogP contribution in [0.25, 0.3) is 0 Å². The Balaban J connectivity index is 1.76. The monoisotopic (exact) mass is 362 g/mol. The molecule has 6 nitrogen and oxygen atoms in total. The maximum absolute atomic E-state index is 13.0. The number of hydrogen-bond donors (Lipinski definition) is 0. The molecule has 2 fully saturated rings. The van der Waals surface area contributed by atoms with Crippen LogP contribution in [0.2, 0.25) is 0 Å². The lowest BCUT2D eigenvalue weighted by Crippen LogP contribution is -2.52. The van der Waals surface area contributed by atoms with Crippen molar-refractivity contribution in [3.05, 3.63) is 18.0 Å². The molecule has 2 atom stereocenters. The van der Waals surface area contributed by atoms with Gasteiger partial charge >= 0.3 is 0 Å². The molecule has 1 aromatic heterocycles. The van der Waals surface area contributed by atoms with Gasteiger partial charge in [0.25, 0.3) is 0 Å². The quantitative estimate of drug-likeness (QED) is 0.781. The zero-order valence-electron chi connectivity index (χ0n) is 16.6. The summed E-state index contributed by atoms with van der Waals surface area (Å²) in [7, 11) is 1.93. The van der Waals surface area contributed by atoms with E-state index in [9.17, 15) is 4.79 Å². The summed E-state index contributed by atoms with van der Waals surface area (Å²) in [6.07, 6.45) is 9.36. The standard InChI is InChI=1S/C20H34N4O2/c1-16(2)7-8-19(25)24-11-12-26-18(15-23-9-5-4-6-10-23)20(24)17-13-21-22(3)14-17/h13-14,16,18,20H,4-12,15H2,1-3H3/t18-,20-/m0/s1. The fourth-order valence-corrected chi connectivity index (χ4v) is 4.11. The van der Waals surface area contributed by atoms with Crippen LogP contribution in [0.1, 0.15) is 57.6 Å². The summed E-state index contributed by atoms with van der Waals surface area (Å²) < 4.78 is 8.01. The molecule has 0 spiro atoms. The lowest BCUT2D eigenvalue weighted by molar-refractivity contribution is -0.149. The zero-order chi connectivity index (χ0) is 18.5. The summed E-state index contributed by atoms with van der Waals surface area (Å²) in [5.41, 5.74) is 1.09. The summed E-state index contributed by atoms with van der Waals surface area (Å²) >= 11 is 0. The number of carbonyl (C=O) groups excluding carboxylic acids is 1. The molecular weight excluding hydrogens is 328 g/mol. The van der Waals surface area contributed by atoms with Crippen LogP contribution in [0.4, 0.5) is 0 Å². The van der Waals surface area contributed by atoms with E-state index in [1.165, 1.54) is 19.3 Å². The van der Waals surface area contributed by atoms with Gasteiger partial charge in [-0.15, -0.1) is 0 Å². The van der Waals surface area contributed by atoms with E-state index < -0.39 is 0 Å². The van der Waals surface area contributed by atoms with Gasteiger partial charge < -0.3 is 14.5 Å². The van der Waals surface area contributed by atoms with Gasteiger partial charge in [-0.25, -0.2) is 0 Å². The predicted molar refractivity (Wildman–Crippen MR) is 102 cm³/mol. The number of morpholine rings is 1. The highest BCUT2D eigenvalue weighted by Gasteiger charge is 2.37. The summed E-state index contributed by atoms with van der Waals surface area (Å²) in [6, 6.07) is -0.0287. The van der Waals surface area contributed by atoms with Gasteiger partial charge in [0.2, 0.25) is 5.91 Å². The summed E-state index contributed by atoms with van der Waals surface area (Å²) in [5.74, 6) is 0.792. The van der Waals surface area contributed by atoms with Crippen molar-refractivity contribution in [1.82, 2.24) is 19.6 Å². The SMILES string of the molecule is CC(C)CCC(=O)N1CCO[C@@H](CN2CCCCC2)[C@@H]1c1cnn(C)c1. The maximum Gasteiger partial charge on any atom is 0.223 e. The lowest BCUT2D eigenvalue weighted by Gasteiger charge is -2.43. The second-order valence-electron chi connectivity index (χ2n) is 8.18. The Kier molecular flexibility index (Phi) is 6.70. The van der Waals surface area contributed by atoms with Crippen molar-refractivity contribution in [2.24, 2.45) is 13.0 Å². The Labute approximate surface area is 157 Å². The van der Waals surface area contributed by atoms with Crippen molar-refractivity contribution in [2.45, 2.75) is 58.1 Å². The molecule has 146 valence electrons. The minimum atomic E-state index is -0.0287. The van der Waals surface area contributed by atoms with Crippen molar-refractivity contribution in [2.75, 3.05) is 32.8 Å². The Hall–Kier alpha value is -1.40. The Morgan fingerprint density at radius 3 is 2.69 bits per heavy atom. The summed E-state index contributed by atoms with van der Waals surface area (Å²) in [6.45, 7) is 8.82. The molecule has 0 aromatic carbocycles. The van der Waals surface area contributed by atoms with E-state index in [0.29, 0.717) is 25.5 Å². The van der Waals surface area contributed by atoms with Gasteiger partial charge in [-0.05, 0) is 38.3 Å². The molecule has 0 radical (unpaired) electrons. The molecule has 2 aliphatic heterocycles. The average molecular weight is 363 g/mol. The number of ether oxygens (including phenoxy) is 1. The maximum atomic E-state index is 13.0. The minimum absolute atomic E-state index is 0.0223. The molecule has 1 amide bonds. The third-order valence-electron chi connectivity index (χ3n) is 5.56. The largest absolute Gasteiger partial charge is 0.373 e. The summed E-state index contributed by atoms with van der Waals surface area (Å²) in [4.78, 5) is 17.5. The first-order valence-electron chi connectivity index (χ1n) is 10.2. The van der Waals surface area contributed by atoms with E-state index in [1.807, 2.05) is 24.1 Å². The van der Waals surface area contributed by atoms with Crippen LogP contribution in [0.5, 0.6) is 0 Å². The Morgan fingerprint density at radius 2 is 2.04 bits per heavy atom. The van der Waals surface area contributed by atoms with Gasteiger partial charge in [0.15, 0.2) is 0 Å². The number of carbonyl (C=O) groups is 1. The molecule has 0 saturated carbocycles. The number of piperidine rings is 1. The third-order valence-corrected chi connectivity index (χ3v) is 5.56. The Morgan fingerprint density at radius 1 is 1.27 bits per heavy atom. The lowest BCUT2D eigenvalue weighted by atomic mass is 9.98. The van der Waals surface area contributed by atoms with Crippen LogP contribution >= 0.6 is 0 Å². The van der Waals surface area contributed by atoms with Gasteiger partial charge in [-0.2, -0.15) is 5.10 Å². The second kappa shape index (κ2) is 9.00. The van der Waals surface area contributed by atoms with Gasteiger partial charge in [0.1, 0.15) is 0 Å². The van der Waals surface area contributed by atoms with E-state index in [0.717, 1.165) is 31.6 Å². The minimum Gasteiger partial charge on any atom is -0.373 e. The number of aryl methyl sites for hydroxylation is 1. The van der Waals surface area contributed by atoms with Gasteiger partial charge in [0.05, 0.1) is 24.9 Å². The number of hydrogen-bond acceptors (Lipinski definition) is 4. The molecule has 0 unspecified atom stereocenters. The molecule has 0 bridgehead atoms. The number of likely N-dealkylation sites (tertiary alicyclic amines) is 1. The van der Waals surface area contributed by atoms with E-state index in [1.54, 1.807) is 0 Å². The number of aromatic nitrogens is 2. The number of nitrogens with zero attached hydrogens (tertiary/aromatic N) is 4. The molecule has 26 heavy (non-hydrogen) atoms. The van der Waals surface area contributed by atoms with E-state index in [-0.39, 0.29) is 18.1 Å². The molecule has 2 saturated heterocycles. The fraction of sp³-hybridized carbons (Fsp3) is 0.800. The first kappa shape index (κ1) is 19.4. The van der Waals surface area contributed by atoms with Crippen molar-refractivity contribution < 1.29 is 9.53 Å². The second-order valence-corrected chi connectivity index (χ2v) is 8.18. The van der Waals surface area contributed by atoms with E-state index in [4.69, 9.17) is 4.74 Å². The van der Waals surface area contributed by atoms with Crippen molar-refractivity contribution in [3.8, 4) is 0 Å². The first-order chi connectivity index (χ1) is 12.5. The van der Waals surface area contributed by atoms with Crippen LogP contribution in [0.15, 0.2) is 12.4 Å². The van der Waals surface area contributed by atoms with Crippen LogP contribution < -0.4 is 0 Å². The highest BCUT2D eigenvalue weighted by Crippen LogP contribution is 2.31. The molecule has 1 aromatic rings. The van der Waals surface area contributed by atoms with Crippen molar-refractivity contribution >= 4 is 5.91 Å². The van der Waals surface area contributed by atoms with Crippen molar-refractivity contribution in [3.63, 3.8) is 0 Å². The molecule has 2 aliphatic rings. The van der Waals surface area contributed by atoms with Gasteiger partial charge in [-0.1, -0.05) is 20.3 Å². The highest BCUT2D eigenvalue weighted by molar-refractivity contribution is 5.77. The van der Waals surface area contributed by atoms with Gasteiger partial charge in [0, 0.05) is 38.3 Å². The van der Waals surface area contributed by atoms with Crippen LogP contribution in [-0.4, -0.2) is 64.4 Å². The fourth-order valence-electron chi connectivity index (χ4n) is 4.11. The van der Waals surface area contributed by atoms with Crippen molar-refractivity contribution in [1.29, 1.82) is 0 Å². The number of amides is 1. The first-order valence-corrected chi connectivity index (χ1v) is 10.2. The molecule has 0 aliphatic carbocycles. The number of rotatable bonds is 6. The summed E-state index contributed by atoms with van der Waals surface area (Å²) in [5, 5.41) is 4.35. The zero-order valence-corrected chi connectivity index (χ0v) is 16.6. The average Bonchev–Trinajstić information content (AvgIpc) is 3.06. The predicted octanol–water partition coefficient (Wildman–Crippen LogP) is 2.61. The van der Waals surface area contributed by atoms with Crippen LogP contribution in [0.3, 0.4) is 0 Å². The Bertz CT molecular complexity index is 580.